The first-order chi connectivity index (χ1) is 8.65. The molecule has 0 amide bonds. The summed E-state index contributed by atoms with van der Waals surface area (Å²) in [6.07, 6.45) is 11.8. The second-order valence-electron chi connectivity index (χ2n) is 7.16. The van der Waals surface area contributed by atoms with Gasteiger partial charge in [0.15, 0.2) is 0 Å². The number of hydrogen-bond donors (Lipinski definition) is 2. The molecule has 3 fully saturated rings. The average Bonchev–Trinajstić information content (AvgIpc) is 2.99. The Morgan fingerprint density at radius 1 is 1.06 bits per heavy atom. The van der Waals surface area contributed by atoms with Crippen molar-refractivity contribution in [1.29, 1.82) is 0 Å². The lowest BCUT2D eigenvalue weighted by Gasteiger charge is -2.42. The van der Waals surface area contributed by atoms with Crippen molar-refractivity contribution in [2.24, 2.45) is 11.1 Å². The van der Waals surface area contributed by atoms with Crippen molar-refractivity contribution in [3.8, 4) is 0 Å². The third kappa shape index (κ3) is 2.33. The summed E-state index contributed by atoms with van der Waals surface area (Å²) in [7, 11) is 0. The van der Waals surface area contributed by atoms with Crippen molar-refractivity contribution >= 4 is 0 Å². The first-order valence-corrected chi connectivity index (χ1v) is 7.79. The van der Waals surface area contributed by atoms with Crippen LogP contribution in [0.2, 0.25) is 0 Å². The molecule has 1 aliphatic heterocycles. The molecule has 18 heavy (non-hydrogen) atoms. The van der Waals surface area contributed by atoms with E-state index in [1.807, 2.05) is 0 Å². The van der Waals surface area contributed by atoms with Gasteiger partial charge in [-0.2, -0.15) is 0 Å². The normalized spacial score (nSPS) is 40.7. The van der Waals surface area contributed by atoms with E-state index in [1.54, 1.807) is 0 Å². The summed E-state index contributed by atoms with van der Waals surface area (Å²) >= 11 is 0. The van der Waals surface area contributed by atoms with Crippen LogP contribution in [0.1, 0.15) is 57.8 Å². The Hall–Kier alpha value is -0.120. The quantitative estimate of drug-likeness (QED) is 0.789. The Balaban J connectivity index is 1.54. The molecule has 0 aromatic heterocycles. The van der Waals surface area contributed by atoms with Gasteiger partial charge in [0.2, 0.25) is 0 Å². The molecule has 2 unspecified atom stereocenters. The van der Waals surface area contributed by atoms with E-state index in [-0.39, 0.29) is 12.1 Å². The van der Waals surface area contributed by atoms with Crippen LogP contribution in [0.3, 0.4) is 0 Å². The molecule has 2 saturated carbocycles. The highest BCUT2D eigenvalue weighted by Crippen LogP contribution is 2.47. The third-order valence-electron chi connectivity index (χ3n) is 5.97. The first-order valence-electron chi connectivity index (χ1n) is 7.79. The number of aliphatic hydroxyl groups excluding tert-OH is 1. The van der Waals surface area contributed by atoms with Crippen LogP contribution in [0.15, 0.2) is 0 Å². The zero-order chi connectivity index (χ0) is 12.6. The minimum atomic E-state index is -0.285. The van der Waals surface area contributed by atoms with E-state index in [0.29, 0.717) is 11.5 Å². The second-order valence-corrected chi connectivity index (χ2v) is 7.16. The molecule has 0 bridgehead atoms. The number of hydrogen-bond acceptors (Lipinski definition) is 3. The highest BCUT2D eigenvalue weighted by molar-refractivity contribution is 4.99. The molecular weight excluding hydrogens is 224 g/mol. The highest BCUT2D eigenvalue weighted by atomic mass is 16.3. The molecule has 0 radical (unpaired) electrons. The number of rotatable bonds is 2. The summed E-state index contributed by atoms with van der Waals surface area (Å²) in [5.41, 5.74) is 6.62. The fourth-order valence-corrected chi connectivity index (χ4v) is 4.57. The van der Waals surface area contributed by atoms with Gasteiger partial charge >= 0.3 is 0 Å². The first kappa shape index (κ1) is 12.9. The summed E-state index contributed by atoms with van der Waals surface area (Å²) in [4.78, 5) is 2.66. The van der Waals surface area contributed by atoms with E-state index >= 15 is 0 Å². The summed E-state index contributed by atoms with van der Waals surface area (Å²) in [5.74, 6) is 0. The minimum Gasteiger partial charge on any atom is -0.394 e. The van der Waals surface area contributed by atoms with Crippen LogP contribution in [-0.4, -0.2) is 41.3 Å². The molecule has 0 aromatic rings. The van der Waals surface area contributed by atoms with Gasteiger partial charge in [-0.15, -0.1) is 0 Å². The van der Waals surface area contributed by atoms with Crippen LogP contribution in [0, 0.1) is 5.41 Å². The molecule has 3 rings (SSSR count). The number of piperidine rings is 1. The number of nitrogens with two attached hydrogens (primary N) is 1. The van der Waals surface area contributed by atoms with E-state index in [0.717, 1.165) is 12.8 Å². The van der Waals surface area contributed by atoms with Crippen LogP contribution in [0.25, 0.3) is 0 Å². The van der Waals surface area contributed by atoms with Crippen LogP contribution < -0.4 is 5.73 Å². The van der Waals surface area contributed by atoms with Crippen LogP contribution in [0.4, 0.5) is 0 Å². The van der Waals surface area contributed by atoms with Crippen LogP contribution in [0.5, 0.6) is 0 Å². The molecule has 0 aromatic carbocycles. The molecule has 3 heteroatoms. The zero-order valence-corrected chi connectivity index (χ0v) is 11.5. The van der Waals surface area contributed by atoms with E-state index in [4.69, 9.17) is 5.73 Å². The lowest BCUT2D eigenvalue weighted by Crippen LogP contribution is -2.47. The lowest BCUT2D eigenvalue weighted by atomic mass is 9.76. The van der Waals surface area contributed by atoms with Gasteiger partial charge in [-0.1, -0.05) is 12.8 Å². The van der Waals surface area contributed by atoms with E-state index in [2.05, 4.69) is 4.90 Å². The standard InChI is InChI=1S/C15H28N2O/c16-15(12-18)6-3-13(11-15)17-9-7-14(8-10-17)4-1-2-5-14/h13,18H,1-12,16H2. The molecule has 2 atom stereocenters. The fraction of sp³-hybridized carbons (Fsp3) is 1.00. The molecule has 1 spiro atoms. The molecule has 3 nitrogen and oxygen atoms in total. The Kier molecular flexibility index (Phi) is 3.41. The maximum Gasteiger partial charge on any atom is 0.0611 e. The van der Waals surface area contributed by atoms with Gasteiger partial charge in [-0.05, 0) is 63.5 Å². The summed E-state index contributed by atoms with van der Waals surface area (Å²) in [6.45, 7) is 2.69. The predicted molar refractivity (Wildman–Crippen MR) is 73.4 cm³/mol. The molecular formula is C15H28N2O. The average molecular weight is 252 g/mol. The number of nitrogens with zero attached hydrogens (tertiary/aromatic N) is 1. The molecule has 3 aliphatic rings. The lowest BCUT2D eigenvalue weighted by molar-refractivity contribution is 0.0733. The van der Waals surface area contributed by atoms with Crippen LogP contribution in [-0.2, 0) is 0 Å². The fourth-order valence-electron chi connectivity index (χ4n) is 4.57. The van der Waals surface area contributed by atoms with Crippen molar-refractivity contribution < 1.29 is 5.11 Å². The van der Waals surface area contributed by atoms with E-state index < -0.39 is 0 Å². The van der Waals surface area contributed by atoms with E-state index in [9.17, 15) is 5.11 Å². The molecule has 104 valence electrons. The highest BCUT2D eigenvalue weighted by Gasteiger charge is 2.42. The Bertz CT molecular complexity index is 291. The monoisotopic (exact) mass is 252 g/mol. The second kappa shape index (κ2) is 4.77. The van der Waals surface area contributed by atoms with Gasteiger partial charge in [-0.3, -0.25) is 0 Å². The predicted octanol–water partition coefficient (Wildman–Crippen LogP) is 1.88. The van der Waals surface area contributed by atoms with Gasteiger partial charge in [0.25, 0.3) is 0 Å². The molecule has 3 N–H and O–H groups in total. The minimum absolute atomic E-state index is 0.154. The third-order valence-corrected chi connectivity index (χ3v) is 5.97. The van der Waals surface area contributed by atoms with Crippen LogP contribution >= 0.6 is 0 Å². The van der Waals surface area contributed by atoms with Gasteiger partial charge in [0.1, 0.15) is 0 Å². The zero-order valence-electron chi connectivity index (χ0n) is 11.5. The van der Waals surface area contributed by atoms with Crippen molar-refractivity contribution in [3.63, 3.8) is 0 Å². The molecule has 2 aliphatic carbocycles. The molecule has 1 heterocycles. The van der Waals surface area contributed by atoms with E-state index in [1.165, 1.54) is 58.0 Å². The van der Waals surface area contributed by atoms with Gasteiger partial charge < -0.3 is 15.7 Å². The van der Waals surface area contributed by atoms with Gasteiger partial charge in [0, 0.05) is 11.6 Å². The van der Waals surface area contributed by atoms with Gasteiger partial charge in [-0.25, -0.2) is 0 Å². The molecule has 1 saturated heterocycles. The summed E-state index contributed by atoms with van der Waals surface area (Å²) in [6, 6.07) is 0.640. The number of likely N-dealkylation sites (tertiary alicyclic amines) is 1. The van der Waals surface area contributed by atoms with Crippen molar-refractivity contribution in [2.45, 2.75) is 69.4 Å². The Morgan fingerprint density at radius 3 is 2.28 bits per heavy atom. The Labute approximate surface area is 111 Å². The summed E-state index contributed by atoms with van der Waals surface area (Å²) < 4.78 is 0. The van der Waals surface area contributed by atoms with Crippen molar-refractivity contribution in [2.75, 3.05) is 19.7 Å². The maximum atomic E-state index is 9.37. The van der Waals surface area contributed by atoms with Crippen molar-refractivity contribution in [3.05, 3.63) is 0 Å². The number of aliphatic hydroxyl groups is 1. The van der Waals surface area contributed by atoms with Crippen molar-refractivity contribution in [1.82, 2.24) is 4.90 Å². The topological polar surface area (TPSA) is 49.5 Å². The Morgan fingerprint density at radius 2 is 1.72 bits per heavy atom. The van der Waals surface area contributed by atoms with Gasteiger partial charge in [0.05, 0.1) is 6.61 Å². The summed E-state index contributed by atoms with van der Waals surface area (Å²) in [5, 5.41) is 9.37. The largest absolute Gasteiger partial charge is 0.394 e. The smallest absolute Gasteiger partial charge is 0.0611 e. The maximum absolute atomic E-state index is 9.37. The SMILES string of the molecule is NC1(CO)CCC(N2CCC3(CCCC3)CC2)C1.